The van der Waals surface area contributed by atoms with Gasteiger partial charge in [-0.2, -0.15) is 0 Å². The molecule has 0 saturated carbocycles. The van der Waals surface area contributed by atoms with Crippen LogP contribution in [0.15, 0.2) is 24.5 Å². The van der Waals surface area contributed by atoms with Crippen LogP contribution in [0.25, 0.3) is 0 Å². The third-order valence-electron chi connectivity index (χ3n) is 3.00. The summed E-state index contributed by atoms with van der Waals surface area (Å²) in [6.07, 6.45) is 4.16. The quantitative estimate of drug-likeness (QED) is 0.790. The molecule has 1 heterocycles. The maximum atomic E-state index is 11.9. The van der Waals surface area contributed by atoms with Gasteiger partial charge < -0.3 is 15.3 Å². The Bertz CT molecular complexity index is 437. The molecule has 110 valence electrons. The van der Waals surface area contributed by atoms with E-state index in [9.17, 15) is 9.59 Å². The van der Waals surface area contributed by atoms with Gasteiger partial charge in [0.25, 0.3) is 0 Å². The number of nitrogens with zero attached hydrogens (tertiary/aromatic N) is 2. The van der Waals surface area contributed by atoms with Gasteiger partial charge >= 0.3 is 12.0 Å². The second-order valence-electron chi connectivity index (χ2n) is 4.62. The van der Waals surface area contributed by atoms with Crippen molar-refractivity contribution in [3.05, 3.63) is 30.1 Å². The summed E-state index contributed by atoms with van der Waals surface area (Å²) in [5, 5.41) is 11.7. The zero-order valence-electron chi connectivity index (χ0n) is 11.9. The van der Waals surface area contributed by atoms with Crippen LogP contribution >= 0.6 is 0 Å². The highest BCUT2D eigenvalue weighted by Gasteiger charge is 2.18. The molecule has 6 nitrogen and oxygen atoms in total. The van der Waals surface area contributed by atoms with Gasteiger partial charge in [0, 0.05) is 32.0 Å². The number of aliphatic carboxylic acids is 1. The van der Waals surface area contributed by atoms with E-state index in [0.29, 0.717) is 19.5 Å². The van der Waals surface area contributed by atoms with Crippen LogP contribution in [0.5, 0.6) is 0 Å². The molecule has 0 bridgehead atoms. The molecule has 1 aromatic heterocycles. The highest BCUT2D eigenvalue weighted by atomic mass is 16.4. The number of carboxylic acid groups (broad SMARTS) is 1. The molecule has 0 aliphatic carbocycles. The molecule has 0 saturated heterocycles. The van der Waals surface area contributed by atoms with E-state index in [0.717, 1.165) is 5.56 Å². The largest absolute Gasteiger partial charge is 0.481 e. The molecule has 0 spiro atoms. The molecule has 1 aromatic rings. The van der Waals surface area contributed by atoms with Crippen molar-refractivity contribution in [3.8, 4) is 0 Å². The molecule has 1 rings (SSSR count). The molecular formula is C14H21N3O3. The summed E-state index contributed by atoms with van der Waals surface area (Å²) in [6.45, 7) is 4.62. The lowest BCUT2D eigenvalue weighted by Crippen LogP contribution is -2.43. The first-order chi connectivity index (χ1) is 9.54. The first-order valence-electron chi connectivity index (χ1n) is 6.69. The number of carbonyl (C=O) groups excluding carboxylic acids is 1. The summed E-state index contributed by atoms with van der Waals surface area (Å²) < 4.78 is 0. The van der Waals surface area contributed by atoms with Gasteiger partial charge in [-0.25, -0.2) is 4.79 Å². The summed E-state index contributed by atoms with van der Waals surface area (Å²) in [4.78, 5) is 28.2. The molecule has 0 radical (unpaired) electrons. The average molecular weight is 279 g/mol. The Labute approximate surface area is 118 Å². The van der Waals surface area contributed by atoms with E-state index in [1.165, 1.54) is 4.90 Å². The highest BCUT2D eigenvalue weighted by Crippen LogP contribution is 2.01. The van der Waals surface area contributed by atoms with Crippen molar-refractivity contribution in [2.75, 3.05) is 19.6 Å². The van der Waals surface area contributed by atoms with Crippen LogP contribution in [0.1, 0.15) is 19.4 Å². The number of pyridine rings is 1. The number of nitrogens with one attached hydrogen (secondary N) is 1. The number of hydrogen-bond acceptors (Lipinski definition) is 3. The summed E-state index contributed by atoms with van der Waals surface area (Å²) in [6, 6.07) is 3.57. The molecule has 2 N–H and O–H groups in total. The number of urea groups is 1. The van der Waals surface area contributed by atoms with Crippen molar-refractivity contribution in [1.82, 2.24) is 15.2 Å². The molecule has 6 heteroatoms. The molecule has 1 unspecified atom stereocenters. The van der Waals surface area contributed by atoms with Crippen molar-refractivity contribution in [3.63, 3.8) is 0 Å². The predicted molar refractivity (Wildman–Crippen MR) is 75.4 cm³/mol. The Morgan fingerprint density at radius 1 is 1.50 bits per heavy atom. The van der Waals surface area contributed by atoms with Gasteiger partial charge in [-0.05, 0) is 25.0 Å². The van der Waals surface area contributed by atoms with Crippen LogP contribution in [0, 0.1) is 5.92 Å². The predicted octanol–water partition coefficient (Wildman–Crippen LogP) is 1.38. The Balaban J connectivity index is 2.38. The van der Waals surface area contributed by atoms with Gasteiger partial charge in [-0.3, -0.25) is 9.78 Å². The second kappa shape index (κ2) is 8.14. The van der Waals surface area contributed by atoms with E-state index in [1.807, 2.05) is 19.1 Å². The maximum absolute atomic E-state index is 11.9. The fraction of sp³-hybridized carbons (Fsp3) is 0.500. The van der Waals surface area contributed by atoms with Gasteiger partial charge in [-0.15, -0.1) is 0 Å². The third-order valence-corrected chi connectivity index (χ3v) is 3.00. The van der Waals surface area contributed by atoms with Gasteiger partial charge in [0.15, 0.2) is 0 Å². The number of aromatic nitrogens is 1. The van der Waals surface area contributed by atoms with E-state index < -0.39 is 11.9 Å². The van der Waals surface area contributed by atoms with E-state index in [1.54, 1.807) is 19.3 Å². The zero-order valence-corrected chi connectivity index (χ0v) is 11.9. The van der Waals surface area contributed by atoms with Crippen molar-refractivity contribution >= 4 is 12.0 Å². The van der Waals surface area contributed by atoms with Crippen molar-refractivity contribution < 1.29 is 14.7 Å². The monoisotopic (exact) mass is 279 g/mol. The van der Waals surface area contributed by atoms with Crippen molar-refractivity contribution in [2.45, 2.75) is 20.3 Å². The minimum absolute atomic E-state index is 0.213. The van der Waals surface area contributed by atoms with Gasteiger partial charge in [0.1, 0.15) is 0 Å². The molecule has 20 heavy (non-hydrogen) atoms. The number of carboxylic acids is 1. The van der Waals surface area contributed by atoms with Crippen molar-refractivity contribution in [1.29, 1.82) is 0 Å². The lowest BCUT2D eigenvalue weighted by atomic mass is 10.2. The standard InChI is InChI=1S/C14H21N3O3/c1-3-17(10-11(2)13(18)19)14(20)16-8-6-12-5-4-7-15-9-12/h4-5,7,9,11H,3,6,8,10H2,1-2H3,(H,16,20)(H,18,19). The lowest BCUT2D eigenvalue weighted by Gasteiger charge is -2.23. The van der Waals surface area contributed by atoms with Crippen molar-refractivity contribution in [2.24, 2.45) is 5.92 Å². The molecule has 0 fully saturated rings. The minimum Gasteiger partial charge on any atom is -0.481 e. The zero-order chi connectivity index (χ0) is 15.0. The van der Waals surface area contributed by atoms with E-state index in [-0.39, 0.29) is 12.6 Å². The van der Waals surface area contributed by atoms with E-state index >= 15 is 0 Å². The Morgan fingerprint density at radius 2 is 2.25 bits per heavy atom. The normalized spacial score (nSPS) is 11.7. The average Bonchev–Trinajstić information content (AvgIpc) is 2.45. The Hall–Kier alpha value is -2.11. The smallest absolute Gasteiger partial charge is 0.317 e. The highest BCUT2D eigenvalue weighted by molar-refractivity contribution is 5.75. The summed E-state index contributed by atoms with van der Waals surface area (Å²) in [5.41, 5.74) is 1.05. The number of rotatable bonds is 7. The van der Waals surface area contributed by atoms with E-state index in [4.69, 9.17) is 5.11 Å². The van der Waals surface area contributed by atoms with Crippen LogP contribution < -0.4 is 5.32 Å². The Morgan fingerprint density at radius 3 is 2.80 bits per heavy atom. The fourth-order valence-electron chi connectivity index (χ4n) is 1.74. The number of amides is 2. The van der Waals surface area contributed by atoms with Crippen LogP contribution in [-0.4, -0.2) is 46.6 Å². The first-order valence-corrected chi connectivity index (χ1v) is 6.69. The third kappa shape index (κ3) is 5.26. The molecule has 0 aliphatic rings. The van der Waals surface area contributed by atoms with Crippen LogP contribution in [0.2, 0.25) is 0 Å². The van der Waals surface area contributed by atoms with Crippen LogP contribution in [0.3, 0.4) is 0 Å². The van der Waals surface area contributed by atoms with Gasteiger partial charge in [0.2, 0.25) is 0 Å². The summed E-state index contributed by atoms with van der Waals surface area (Å²) in [5.74, 6) is -1.47. The SMILES string of the molecule is CCN(CC(C)C(=O)O)C(=O)NCCc1cccnc1. The summed E-state index contributed by atoms with van der Waals surface area (Å²) >= 11 is 0. The second-order valence-corrected chi connectivity index (χ2v) is 4.62. The van der Waals surface area contributed by atoms with E-state index in [2.05, 4.69) is 10.3 Å². The molecule has 2 amide bonds. The molecule has 1 atom stereocenters. The molecule has 0 aliphatic heterocycles. The number of hydrogen-bond donors (Lipinski definition) is 2. The maximum Gasteiger partial charge on any atom is 0.317 e. The molecular weight excluding hydrogens is 258 g/mol. The minimum atomic E-state index is -0.897. The lowest BCUT2D eigenvalue weighted by molar-refractivity contribution is -0.141. The molecule has 0 aromatic carbocycles. The van der Waals surface area contributed by atoms with Gasteiger partial charge in [0.05, 0.1) is 5.92 Å². The topological polar surface area (TPSA) is 82.5 Å². The summed E-state index contributed by atoms with van der Waals surface area (Å²) in [7, 11) is 0. The van der Waals surface area contributed by atoms with Gasteiger partial charge in [-0.1, -0.05) is 13.0 Å². The Kier molecular flexibility index (Phi) is 6.49. The van der Waals surface area contributed by atoms with Crippen LogP contribution in [0.4, 0.5) is 4.79 Å². The first kappa shape index (κ1) is 15.9. The number of carbonyl (C=O) groups is 2. The fourth-order valence-corrected chi connectivity index (χ4v) is 1.74. The van der Waals surface area contributed by atoms with Crippen LogP contribution in [-0.2, 0) is 11.2 Å².